The van der Waals surface area contributed by atoms with Gasteiger partial charge in [-0.2, -0.15) is 0 Å². The van der Waals surface area contributed by atoms with E-state index in [1.165, 1.54) is 37.6 Å². The van der Waals surface area contributed by atoms with Crippen molar-refractivity contribution in [3.05, 3.63) is 65.6 Å². The molecule has 0 saturated carbocycles. The van der Waals surface area contributed by atoms with Crippen molar-refractivity contribution in [1.29, 1.82) is 0 Å². The van der Waals surface area contributed by atoms with Gasteiger partial charge in [0.25, 0.3) is 0 Å². The van der Waals surface area contributed by atoms with E-state index in [1.54, 1.807) is 18.4 Å². The van der Waals surface area contributed by atoms with Gasteiger partial charge in [-0.25, -0.2) is 0 Å². The molecule has 1 aliphatic heterocycles. The molecule has 0 aliphatic carbocycles. The van der Waals surface area contributed by atoms with Crippen LogP contribution in [0.5, 0.6) is 0 Å². The van der Waals surface area contributed by atoms with Crippen LogP contribution < -0.4 is 5.32 Å². The minimum atomic E-state index is -0.123. The van der Waals surface area contributed by atoms with E-state index in [0.29, 0.717) is 12.3 Å². The van der Waals surface area contributed by atoms with E-state index in [2.05, 4.69) is 34.5 Å². The molecule has 0 atom stereocenters. The smallest absolute Gasteiger partial charge is 0.244 e. The van der Waals surface area contributed by atoms with E-state index in [9.17, 15) is 4.79 Å². The summed E-state index contributed by atoms with van der Waals surface area (Å²) in [5, 5.41) is 2.88. The predicted octanol–water partition coefficient (Wildman–Crippen LogP) is 3.21. The molecule has 1 N–H and O–H groups in total. The summed E-state index contributed by atoms with van der Waals surface area (Å²) in [6, 6.07) is 12.1. The van der Waals surface area contributed by atoms with Gasteiger partial charge >= 0.3 is 0 Å². The minimum absolute atomic E-state index is 0.123. The molecule has 4 nitrogen and oxygen atoms in total. The molecule has 2 aromatic rings. The van der Waals surface area contributed by atoms with Gasteiger partial charge in [0.05, 0.1) is 6.26 Å². The second-order valence-electron chi connectivity index (χ2n) is 5.87. The van der Waals surface area contributed by atoms with E-state index >= 15 is 0 Å². The fraction of sp³-hybridized carbons (Fsp3) is 0.316. The maximum Gasteiger partial charge on any atom is 0.244 e. The molecule has 0 unspecified atom stereocenters. The largest absolute Gasteiger partial charge is 0.465 e. The van der Waals surface area contributed by atoms with E-state index in [4.69, 9.17) is 4.42 Å². The number of benzene rings is 1. The zero-order valence-corrected chi connectivity index (χ0v) is 13.2. The lowest BCUT2D eigenvalue weighted by atomic mass is 10.1. The highest BCUT2D eigenvalue weighted by atomic mass is 16.3. The van der Waals surface area contributed by atoms with Gasteiger partial charge in [-0.05, 0) is 55.3 Å². The molecule has 1 aromatic carbocycles. The van der Waals surface area contributed by atoms with Crippen molar-refractivity contribution < 1.29 is 9.21 Å². The summed E-state index contributed by atoms with van der Waals surface area (Å²) in [5.41, 5.74) is 2.44. The highest BCUT2D eigenvalue weighted by Crippen LogP contribution is 2.13. The number of furan rings is 1. The molecule has 0 radical (unpaired) electrons. The SMILES string of the molecule is O=C(/C=C/c1ccco1)NCc1ccc(CN2CCCC2)cc1. The molecule has 23 heavy (non-hydrogen) atoms. The summed E-state index contributed by atoms with van der Waals surface area (Å²) in [6.45, 7) is 3.98. The highest BCUT2D eigenvalue weighted by molar-refractivity contribution is 5.91. The monoisotopic (exact) mass is 310 g/mol. The van der Waals surface area contributed by atoms with Gasteiger partial charge in [-0.3, -0.25) is 9.69 Å². The maximum absolute atomic E-state index is 11.8. The number of nitrogens with zero attached hydrogens (tertiary/aromatic N) is 1. The number of likely N-dealkylation sites (tertiary alicyclic amines) is 1. The topological polar surface area (TPSA) is 45.5 Å². The van der Waals surface area contributed by atoms with Crippen molar-refractivity contribution in [3.63, 3.8) is 0 Å². The number of nitrogens with one attached hydrogen (secondary N) is 1. The molecule has 1 aromatic heterocycles. The Morgan fingerprint density at radius 1 is 1.13 bits per heavy atom. The second-order valence-corrected chi connectivity index (χ2v) is 5.87. The molecular formula is C19H22N2O2. The average molecular weight is 310 g/mol. The maximum atomic E-state index is 11.8. The van der Waals surface area contributed by atoms with Crippen LogP contribution in [-0.2, 0) is 17.9 Å². The molecule has 120 valence electrons. The third-order valence-corrected chi connectivity index (χ3v) is 4.04. The first-order valence-electron chi connectivity index (χ1n) is 8.09. The Balaban J connectivity index is 1.45. The molecular weight excluding hydrogens is 288 g/mol. The van der Waals surface area contributed by atoms with Gasteiger partial charge < -0.3 is 9.73 Å². The molecule has 3 rings (SSSR count). The third-order valence-electron chi connectivity index (χ3n) is 4.04. The van der Waals surface area contributed by atoms with E-state index in [-0.39, 0.29) is 5.91 Å². The van der Waals surface area contributed by atoms with Crippen LogP contribution in [0, 0.1) is 0 Å². The van der Waals surface area contributed by atoms with Crippen molar-refractivity contribution >= 4 is 12.0 Å². The van der Waals surface area contributed by atoms with Gasteiger partial charge in [0.15, 0.2) is 0 Å². The van der Waals surface area contributed by atoms with Crippen LogP contribution in [0.15, 0.2) is 53.2 Å². The van der Waals surface area contributed by atoms with Crippen molar-refractivity contribution in [1.82, 2.24) is 10.2 Å². The number of carbonyl (C=O) groups is 1. The molecule has 4 heteroatoms. The number of rotatable bonds is 6. The Bertz CT molecular complexity index is 639. The van der Waals surface area contributed by atoms with Gasteiger partial charge in [0.1, 0.15) is 5.76 Å². The second kappa shape index (κ2) is 7.79. The number of amides is 1. The summed E-state index contributed by atoms with van der Waals surface area (Å²) in [4.78, 5) is 14.2. The van der Waals surface area contributed by atoms with Crippen molar-refractivity contribution in [2.75, 3.05) is 13.1 Å². The first kappa shape index (κ1) is 15.6. The van der Waals surface area contributed by atoms with Crippen LogP contribution in [0.25, 0.3) is 6.08 Å². The van der Waals surface area contributed by atoms with Crippen LogP contribution in [0.4, 0.5) is 0 Å². The van der Waals surface area contributed by atoms with Crippen LogP contribution in [0.1, 0.15) is 29.7 Å². The van der Waals surface area contributed by atoms with Crippen LogP contribution >= 0.6 is 0 Å². The number of hydrogen-bond acceptors (Lipinski definition) is 3. The fourth-order valence-corrected chi connectivity index (χ4v) is 2.75. The molecule has 1 fully saturated rings. The molecule has 2 heterocycles. The number of hydrogen-bond donors (Lipinski definition) is 1. The van der Waals surface area contributed by atoms with E-state index in [1.807, 2.05) is 6.07 Å². The quantitative estimate of drug-likeness (QED) is 0.833. The summed E-state index contributed by atoms with van der Waals surface area (Å²) in [6.07, 6.45) is 7.36. The standard InChI is InChI=1S/C19H22N2O2/c22-19(10-9-18-4-3-13-23-18)20-14-16-5-7-17(8-6-16)15-21-11-1-2-12-21/h3-10,13H,1-2,11-12,14-15H2,(H,20,22)/b10-9+. The molecule has 0 spiro atoms. The predicted molar refractivity (Wildman–Crippen MR) is 90.5 cm³/mol. The lowest BCUT2D eigenvalue weighted by Gasteiger charge is -2.14. The minimum Gasteiger partial charge on any atom is -0.465 e. The summed E-state index contributed by atoms with van der Waals surface area (Å²) >= 11 is 0. The lowest BCUT2D eigenvalue weighted by Crippen LogP contribution is -2.20. The Kier molecular flexibility index (Phi) is 5.27. The zero-order chi connectivity index (χ0) is 15.9. The van der Waals surface area contributed by atoms with Gasteiger partial charge in [-0.15, -0.1) is 0 Å². The normalized spacial score (nSPS) is 15.3. The average Bonchev–Trinajstić information content (AvgIpc) is 3.26. The van der Waals surface area contributed by atoms with Crippen LogP contribution in [-0.4, -0.2) is 23.9 Å². The Hall–Kier alpha value is -2.33. The van der Waals surface area contributed by atoms with E-state index in [0.717, 1.165) is 12.1 Å². The molecule has 1 aliphatic rings. The molecule has 0 bridgehead atoms. The molecule has 1 amide bonds. The third kappa shape index (κ3) is 4.83. The van der Waals surface area contributed by atoms with Crippen molar-refractivity contribution in [2.24, 2.45) is 0 Å². The van der Waals surface area contributed by atoms with Gasteiger partial charge in [0, 0.05) is 19.2 Å². The Morgan fingerprint density at radius 2 is 1.87 bits per heavy atom. The van der Waals surface area contributed by atoms with E-state index < -0.39 is 0 Å². The lowest BCUT2D eigenvalue weighted by molar-refractivity contribution is -0.116. The van der Waals surface area contributed by atoms with Crippen LogP contribution in [0.3, 0.4) is 0 Å². The summed E-state index contributed by atoms with van der Waals surface area (Å²) in [7, 11) is 0. The van der Waals surface area contributed by atoms with Crippen LogP contribution in [0.2, 0.25) is 0 Å². The van der Waals surface area contributed by atoms with Gasteiger partial charge in [-0.1, -0.05) is 24.3 Å². The first-order valence-corrected chi connectivity index (χ1v) is 8.09. The fourth-order valence-electron chi connectivity index (χ4n) is 2.75. The Morgan fingerprint density at radius 3 is 2.57 bits per heavy atom. The first-order chi connectivity index (χ1) is 11.3. The van der Waals surface area contributed by atoms with Crippen molar-refractivity contribution in [2.45, 2.75) is 25.9 Å². The number of carbonyl (C=O) groups excluding carboxylic acids is 1. The summed E-state index contributed by atoms with van der Waals surface area (Å²) in [5.74, 6) is 0.550. The molecule has 1 saturated heterocycles. The Labute approximate surface area is 136 Å². The highest BCUT2D eigenvalue weighted by Gasteiger charge is 2.11. The zero-order valence-electron chi connectivity index (χ0n) is 13.2. The van der Waals surface area contributed by atoms with Gasteiger partial charge in [0.2, 0.25) is 5.91 Å². The van der Waals surface area contributed by atoms with Crippen molar-refractivity contribution in [3.8, 4) is 0 Å². The summed E-state index contributed by atoms with van der Waals surface area (Å²) < 4.78 is 5.14.